The highest BCUT2D eigenvalue weighted by atomic mass is 16.4. The summed E-state index contributed by atoms with van der Waals surface area (Å²) < 4.78 is 0. The number of aliphatic hydroxyl groups is 1. The Morgan fingerprint density at radius 2 is 1.06 bits per heavy atom. The fourth-order valence-electron chi connectivity index (χ4n) is 7.79. The average molecular weight is 1030 g/mol. The summed E-state index contributed by atoms with van der Waals surface area (Å²) in [7, 11) is 0. The van der Waals surface area contributed by atoms with Gasteiger partial charge in [-0.2, -0.15) is 0 Å². The lowest BCUT2D eigenvalue weighted by atomic mass is 10.0. The number of nitrogens with one attached hydrogen (secondary N) is 5. The molecule has 0 aromatic carbocycles. The fraction of sp³-hybridized carbons (Fsp3) is 0.714. The lowest BCUT2D eigenvalue weighted by molar-refractivity contribution is -0.143. The highest BCUT2D eigenvalue weighted by Gasteiger charge is 2.36. The maximum absolute atomic E-state index is 13.8. The number of carbonyl (C=O) groups excluding carboxylic acids is 6. The Balaban J connectivity index is 2.13. The molecule has 2 aliphatic heterocycles. The highest BCUT2D eigenvalue weighted by molar-refractivity contribution is 5.97. The first-order valence-electron chi connectivity index (χ1n) is 23.3. The van der Waals surface area contributed by atoms with E-state index in [9.17, 15) is 83.4 Å². The lowest BCUT2D eigenvalue weighted by Gasteiger charge is -2.33. The number of nitrogens with two attached hydrogens (primary N) is 2. The molecule has 2 rings (SSSR count). The van der Waals surface area contributed by atoms with Crippen molar-refractivity contribution in [1.29, 1.82) is 0 Å². The normalized spacial score (nSPS) is 18.2. The molecule has 5 atom stereocenters. The first kappa shape index (κ1) is 61.4. The molecule has 0 spiro atoms. The largest absolute Gasteiger partial charge is 0.481 e. The SMILES string of the molecule is CC(C)C[C@H](NC(=O)[C@H](CC(=O)O)NC(=O)CNC(=O)[C@@H]1CCCN1C(=O)CN1CCN(CC(=O)O)CCN(CC(=O)O)CCN(CC(=O)O)CC1)C(=O)N[C@@H](CO)C(=O)N[C@@H](CCCN=C(N)N)C(=O)O. The molecule has 0 aromatic heterocycles. The molecular weight excluding hydrogens is 959 g/mol. The van der Waals surface area contributed by atoms with Gasteiger partial charge in [-0.1, -0.05) is 13.8 Å². The number of carbonyl (C=O) groups is 11. The number of likely N-dealkylation sites (tertiary alicyclic amines) is 1. The molecule has 0 aliphatic carbocycles. The van der Waals surface area contributed by atoms with Gasteiger partial charge >= 0.3 is 29.8 Å². The molecule has 0 bridgehead atoms. The van der Waals surface area contributed by atoms with Crippen molar-refractivity contribution in [1.82, 2.24) is 51.1 Å². The summed E-state index contributed by atoms with van der Waals surface area (Å²) in [6, 6.07) is -7.45. The molecule has 2 aliphatic rings. The average Bonchev–Trinajstić information content (AvgIpc) is 3.78. The van der Waals surface area contributed by atoms with Gasteiger partial charge in [0, 0.05) is 65.4 Å². The van der Waals surface area contributed by atoms with Crippen LogP contribution in [0.15, 0.2) is 4.99 Å². The van der Waals surface area contributed by atoms with Crippen LogP contribution < -0.4 is 38.1 Å². The van der Waals surface area contributed by atoms with Crippen molar-refractivity contribution in [2.75, 3.05) is 105 Å². The number of rotatable bonds is 28. The van der Waals surface area contributed by atoms with Gasteiger partial charge in [-0.25, -0.2) is 4.79 Å². The number of aliphatic imine (C=N–C) groups is 1. The topological polar surface area (TPSA) is 450 Å². The van der Waals surface area contributed by atoms with Crippen LogP contribution in [0, 0.1) is 5.92 Å². The molecule has 0 aromatic rings. The van der Waals surface area contributed by atoms with Crippen LogP contribution in [0.3, 0.4) is 0 Å². The lowest BCUT2D eigenvalue weighted by Crippen LogP contribution is -2.59. The van der Waals surface area contributed by atoms with E-state index in [1.807, 2.05) is 0 Å². The number of amides is 6. The Morgan fingerprint density at radius 3 is 1.50 bits per heavy atom. The third-order valence-corrected chi connectivity index (χ3v) is 11.4. The van der Waals surface area contributed by atoms with Gasteiger partial charge in [0.1, 0.15) is 30.2 Å². The summed E-state index contributed by atoms with van der Waals surface area (Å²) in [5.41, 5.74) is 10.5. The second-order valence-electron chi connectivity index (χ2n) is 17.7. The molecule has 30 heteroatoms. The van der Waals surface area contributed by atoms with Crippen LogP contribution in [0.4, 0.5) is 0 Å². The minimum absolute atomic E-state index is 0.0581. The van der Waals surface area contributed by atoms with Gasteiger partial charge in [0.15, 0.2) is 5.96 Å². The Kier molecular flexibility index (Phi) is 26.9. The second-order valence-corrected chi connectivity index (χ2v) is 17.7. The molecule has 0 unspecified atom stereocenters. The van der Waals surface area contributed by atoms with Crippen molar-refractivity contribution in [3.8, 4) is 0 Å². The van der Waals surface area contributed by atoms with Crippen molar-refractivity contribution in [2.45, 2.75) is 82.6 Å². The monoisotopic (exact) mass is 1030 g/mol. The van der Waals surface area contributed by atoms with Crippen molar-refractivity contribution in [2.24, 2.45) is 22.4 Å². The quantitative estimate of drug-likeness (QED) is 0.0197. The number of hydrogen-bond acceptors (Lipinski definition) is 17. The number of carboxylic acids is 5. The van der Waals surface area contributed by atoms with Gasteiger partial charge in [0.25, 0.3) is 0 Å². The van der Waals surface area contributed by atoms with Crippen LogP contribution >= 0.6 is 0 Å². The van der Waals surface area contributed by atoms with E-state index in [0.717, 1.165) is 0 Å². The summed E-state index contributed by atoms with van der Waals surface area (Å²) in [5, 5.41) is 69.0. The molecule has 406 valence electrons. The maximum Gasteiger partial charge on any atom is 0.326 e. The third kappa shape index (κ3) is 23.9. The number of nitrogens with zero attached hydrogens (tertiary/aromatic N) is 6. The van der Waals surface area contributed by atoms with Crippen LogP contribution in [-0.2, 0) is 52.7 Å². The minimum Gasteiger partial charge on any atom is -0.481 e. The minimum atomic E-state index is -1.80. The highest BCUT2D eigenvalue weighted by Crippen LogP contribution is 2.18. The van der Waals surface area contributed by atoms with Crippen molar-refractivity contribution in [3.05, 3.63) is 0 Å². The van der Waals surface area contributed by atoms with Crippen LogP contribution in [0.25, 0.3) is 0 Å². The Morgan fingerprint density at radius 1 is 0.597 bits per heavy atom. The van der Waals surface area contributed by atoms with Crippen LogP contribution in [-0.4, -0.2) is 261 Å². The first-order valence-corrected chi connectivity index (χ1v) is 23.3. The molecule has 0 radical (unpaired) electrons. The molecule has 2 saturated heterocycles. The van der Waals surface area contributed by atoms with Crippen LogP contribution in [0.5, 0.6) is 0 Å². The molecule has 2 heterocycles. The summed E-state index contributed by atoms with van der Waals surface area (Å²) in [5.74, 6) is -12.3. The van der Waals surface area contributed by atoms with E-state index in [2.05, 4.69) is 31.6 Å². The summed E-state index contributed by atoms with van der Waals surface area (Å²) in [6.07, 6.45) is -0.422. The number of carboxylic acid groups (broad SMARTS) is 5. The summed E-state index contributed by atoms with van der Waals surface area (Å²) in [4.78, 5) is 150. The van der Waals surface area contributed by atoms with E-state index < -0.39 is 115 Å². The van der Waals surface area contributed by atoms with Crippen LogP contribution in [0.2, 0.25) is 0 Å². The van der Waals surface area contributed by atoms with Gasteiger partial charge in [0.05, 0.1) is 45.8 Å². The molecule has 2 fully saturated rings. The van der Waals surface area contributed by atoms with E-state index in [4.69, 9.17) is 11.5 Å². The standard InChI is InChI=1S/C42H71N13O17/c1-25(2)17-27(37(67)50-29(24-56)39(69)48-26(41(71)72)5-3-7-45-42(43)44)49-38(68)28(18-33(59)60)47-31(57)19-46-40(70)30-6-4-8-55(30)32(58)20-51-9-11-52(21-34(61)62)13-15-54(23-36(65)66)16-14-53(12-10-51)22-35(63)64/h25-30,56H,3-24H2,1-2H3,(H,46,70)(H,47,57)(H,48,69)(H,49,68)(H,50,67)(H,59,60)(H,61,62)(H,63,64)(H,65,66)(H,71,72)(H4,43,44,45)/t26-,27-,28-,29-,30-/m0/s1. The smallest absolute Gasteiger partial charge is 0.326 e. The predicted molar refractivity (Wildman–Crippen MR) is 250 cm³/mol. The second kappa shape index (κ2) is 31.5. The summed E-state index contributed by atoms with van der Waals surface area (Å²) >= 11 is 0. The van der Waals surface area contributed by atoms with Crippen molar-refractivity contribution >= 4 is 71.2 Å². The summed E-state index contributed by atoms with van der Waals surface area (Å²) in [6.45, 7) is 1.76. The zero-order valence-corrected chi connectivity index (χ0v) is 40.5. The van der Waals surface area contributed by atoms with Crippen molar-refractivity contribution < 1.29 is 83.4 Å². The molecule has 15 N–H and O–H groups in total. The van der Waals surface area contributed by atoms with E-state index >= 15 is 0 Å². The molecule has 6 amide bonds. The molecule has 72 heavy (non-hydrogen) atoms. The van der Waals surface area contributed by atoms with E-state index in [1.54, 1.807) is 33.4 Å². The van der Waals surface area contributed by atoms with Gasteiger partial charge in [0.2, 0.25) is 35.4 Å². The fourth-order valence-corrected chi connectivity index (χ4v) is 7.79. The first-order chi connectivity index (χ1) is 33.9. The molecular formula is C42H71N13O17. The van der Waals surface area contributed by atoms with E-state index in [1.165, 1.54) is 4.90 Å². The molecule has 0 saturated carbocycles. The van der Waals surface area contributed by atoms with Gasteiger partial charge in [-0.3, -0.25) is 72.5 Å². The zero-order valence-electron chi connectivity index (χ0n) is 40.5. The number of aliphatic carboxylic acids is 5. The van der Waals surface area contributed by atoms with Crippen molar-refractivity contribution in [3.63, 3.8) is 0 Å². The Labute approximate surface area is 414 Å². The van der Waals surface area contributed by atoms with Gasteiger partial charge in [-0.05, 0) is 38.0 Å². The van der Waals surface area contributed by atoms with Gasteiger partial charge < -0.3 is 73.6 Å². The number of guanidine groups is 1. The zero-order chi connectivity index (χ0) is 54.1. The number of aliphatic hydroxyl groups excluding tert-OH is 1. The van der Waals surface area contributed by atoms with Gasteiger partial charge in [-0.15, -0.1) is 0 Å². The van der Waals surface area contributed by atoms with E-state index in [0.29, 0.717) is 6.42 Å². The van der Waals surface area contributed by atoms with E-state index in [-0.39, 0.29) is 129 Å². The molecule has 30 nitrogen and oxygen atoms in total. The maximum atomic E-state index is 13.8. The third-order valence-electron chi connectivity index (χ3n) is 11.4. The van der Waals surface area contributed by atoms with Crippen LogP contribution in [0.1, 0.15) is 52.4 Å². The Hall–Kier alpha value is -6.76. The predicted octanol–water partition coefficient (Wildman–Crippen LogP) is -6.84. The Bertz CT molecular complexity index is 1910. The number of hydrogen-bond donors (Lipinski definition) is 13.